The van der Waals surface area contributed by atoms with Crippen LogP contribution in [-0.2, 0) is 11.2 Å². The summed E-state index contributed by atoms with van der Waals surface area (Å²) in [6.07, 6.45) is 3.88. The molecule has 2 rings (SSSR count). The molecule has 1 aromatic carbocycles. The van der Waals surface area contributed by atoms with Crippen LogP contribution in [0.5, 0.6) is 0 Å². The SMILES string of the molecule is CC1CCCC(NC(=O)Cc2ccc([N+](=O)[O-])cc2[N+](=O)[O-])C1. The highest BCUT2D eigenvalue weighted by molar-refractivity contribution is 5.80. The molecule has 1 amide bonds. The molecule has 2 unspecified atom stereocenters. The predicted octanol–water partition coefficient (Wildman–Crippen LogP) is 2.74. The van der Waals surface area contributed by atoms with E-state index in [0.29, 0.717) is 5.92 Å². The molecular formula is C15H19N3O5. The maximum atomic E-state index is 12.1. The van der Waals surface area contributed by atoms with Crippen molar-refractivity contribution in [3.8, 4) is 0 Å². The molecule has 0 bridgehead atoms. The minimum Gasteiger partial charge on any atom is -0.353 e. The molecule has 0 spiro atoms. The number of carbonyl (C=O) groups is 1. The molecule has 1 aromatic rings. The quantitative estimate of drug-likeness (QED) is 0.661. The van der Waals surface area contributed by atoms with Gasteiger partial charge in [-0.15, -0.1) is 0 Å². The molecule has 0 aliphatic heterocycles. The molecule has 8 nitrogen and oxygen atoms in total. The highest BCUT2D eigenvalue weighted by Gasteiger charge is 2.24. The van der Waals surface area contributed by atoms with Gasteiger partial charge in [-0.2, -0.15) is 0 Å². The summed E-state index contributed by atoms with van der Waals surface area (Å²) < 4.78 is 0. The van der Waals surface area contributed by atoms with Crippen molar-refractivity contribution in [1.82, 2.24) is 5.32 Å². The topological polar surface area (TPSA) is 115 Å². The van der Waals surface area contributed by atoms with Crippen molar-refractivity contribution >= 4 is 17.3 Å². The van der Waals surface area contributed by atoms with Gasteiger partial charge in [0.25, 0.3) is 11.4 Å². The number of nitrogens with zero attached hydrogens (tertiary/aromatic N) is 2. The van der Waals surface area contributed by atoms with Gasteiger partial charge in [0.05, 0.1) is 22.3 Å². The van der Waals surface area contributed by atoms with Crippen LogP contribution in [0, 0.1) is 26.1 Å². The fourth-order valence-electron chi connectivity index (χ4n) is 3.00. The van der Waals surface area contributed by atoms with Crippen LogP contribution in [0.1, 0.15) is 38.2 Å². The number of non-ortho nitro benzene ring substituents is 1. The van der Waals surface area contributed by atoms with Gasteiger partial charge in [0.2, 0.25) is 5.91 Å². The van der Waals surface area contributed by atoms with Gasteiger partial charge in [-0.05, 0) is 24.8 Å². The average molecular weight is 321 g/mol. The highest BCUT2D eigenvalue weighted by atomic mass is 16.6. The number of carbonyl (C=O) groups excluding carboxylic acids is 1. The van der Waals surface area contributed by atoms with Gasteiger partial charge in [0, 0.05) is 17.7 Å². The normalized spacial score (nSPS) is 20.7. The first kappa shape index (κ1) is 16.9. The van der Waals surface area contributed by atoms with Crippen LogP contribution < -0.4 is 5.32 Å². The molecular weight excluding hydrogens is 302 g/mol. The highest BCUT2D eigenvalue weighted by Crippen LogP contribution is 2.26. The summed E-state index contributed by atoms with van der Waals surface area (Å²) in [5.74, 6) is 0.267. The van der Waals surface area contributed by atoms with Crippen LogP contribution in [0.2, 0.25) is 0 Å². The van der Waals surface area contributed by atoms with Crippen LogP contribution in [0.25, 0.3) is 0 Å². The summed E-state index contributed by atoms with van der Waals surface area (Å²) in [5.41, 5.74) is -0.574. The Kier molecular flexibility index (Phi) is 5.25. The van der Waals surface area contributed by atoms with Gasteiger partial charge < -0.3 is 5.32 Å². The standard InChI is InChI=1S/C15H19N3O5/c1-10-3-2-4-12(7-10)16-15(19)8-11-5-6-13(17(20)21)9-14(11)18(22)23/h5-6,9-10,12H,2-4,7-8H2,1H3,(H,16,19). The first-order valence-electron chi connectivity index (χ1n) is 7.58. The number of nitro groups is 2. The van der Waals surface area contributed by atoms with Gasteiger partial charge >= 0.3 is 0 Å². The van der Waals surface area contributed by atoms with Gasteiger partial charge in [-0.25, -0.2) is 0 Å². The van der Waals surface area contributed by atoms with E-state index in [4.69, 9.17) is 0 Å². The van der Waals surface area contributed by atoms with Gasteiger partial charge in [-0.1, -0.05) is 19.8 Å². The lowest BCUT2D eigenvalue weighted by Crippen LogP contribution is -2.38. The van der Waals surface area contributed by atoms with Crippen molar-refractivity contribution in [3.05, 3.63) is 44.0 Å². The lowest BCUT2D eigenvalue weighted by molar-refractivity contribution is -0.394. The van der Waals surface area contributed by atoms with Crippen LogP contribution in [-0.4, -0.2) is 21.8 Å². The molecule has 0 heterocycles. The van der Waals surface area contributed by atoms with Crippen molar-refractivity contribution in [2.45, 2.75) is 45.1 Å². The van der Waals surface area contributed by atoms with E-state index >= 15 is 0 Å². The zero-order valence-electron chi connectivity index (χ0n) is 12.9. The maximum absolute atomic E-state index is 12.1. The molecule has 0 aromatic heterocycles. The summed E-state index contributed by atoms with van der Waals surface area (Å²) in [7, 11) is 0. The zero-order chi connectivity index (χ0) is 17.0. The Morgan fingerprint density at radius 2 is 2.00 bits per heavy atom. The predicted molar refractivity (Wildman–Crippen MR) is 83.0 cm³/mol. The van der Waals surface area contributed by atoms with Crippen molar-refractivity contribution < 1.29 is 14.6 Å². The molecule has 2 atom stereocenters. The molecule has 8 heteroatoms. The number of hydrogen-bond acceptors (Lipinski definition) is 5. The van der Waals surface area contributed by atoms with Gasteiger partial charge in [0.15, 0.2) is 0 Å². The van der Waals surface area contributed by atoms with Gasteiger partial charge in [-0.3, -0.25) is 25.0 Å². The summed E-state index contributed by atoms with van der Waals surface area (Å²) in [5, 5.41) is 24.7. The largest absolute Gasteiger partial charge is 0.353 e. The minimum absolute atomic E-state index is 0.100. The Balaban J connectivity index is 2.08. The van der Waals surface area contributed by atoms with Crippen LogP contribution in [0.4, 0.5) is 11.4 Å². The third-order valence-electron chi connectivity index (χ3n) is 4.13. The van der Waals surface area contributed by atoms with Crippen molar-refractivity contribution in [2.75, 3.05) is 0 Å². The molecule has 0 radical (unpaired) electrons. The zero-order valence-corrected chi connectivity index (χ0v) is 12.9. The minimum atomic E-state index is -0.696. The van der Waals surface area contributed by atoms with Gasteiger partial charge in [0.1, 0.15) is 0 Å². The molecule has 23 heavy (non-hydrogen) atoms. The van der Waals surface area contributed by atoms with Crippen molar-refractivity contribution in [3.63, 3.8) is 0 Å². The Bertz CT molecular complexity index is 632. The molecule has 124 valence electrons. The number of nitro benzene ring substituents is 2. The molecule has 1 aliphatic rings. The summed E-state index contributed by atoms with van der Waals surface area (Å²) in [4.78, 5) is 32.5. The lowest BCUT2D eigenvalue weighted by Gasteiger charge is -2.27. The Morgan fingerprint density at radius 1 is 1.26 bits per heavy atom. The van der Waals surface area contributed by atoms with E-state index in [1.807, 2.05) is 0 Å². The van der Waals surface area contributed by atoms with Crippen LogP contribution >= 0.6 is 0 Å². The monoisotopic (exact) mass is 321 g/mol. The van der Waals surface area contributed by atoms with E-state index in [0.717, 1.165) is 31.7 Å². The number of benzene rings is 1. The van der Waals surface area contributed by atoms with Crippen LogP contribution in [0.3, 0.4) is 0 Å². The fraction of sp³-hybridized carbons (Fsp3) is 0.533. The lowest BCUT2D eigenvalue weighted by atomic mass is 9.87. The van der Waals surface area contributed by atoms with E-state index in [-0.39, 0.29) is 29.6 Å². The van der Waals surface area contributed by atoms with Crippen LogP contribution in [0.15, 0.2) is 18.2 Å². The first-order chi connectivity index (χ1) is 10.9. The third kappa shape index (κ3) is 4.48. The first-order valence-corrected chi connectivity index (χ1v) is 7.58. The molecule has 1 aliphatic carbocycles. The third-order valence-corrected chi connectivity index (χ3v) is 4.13. The number of amides is 1. The number of hydrogen-bond donors (Lipinski definition) is 1. The summed E-state index contributed by atoms with van der Waals surface area (Å²) in [6, 6.07) is 3.45. The Hall–Kier alpha value is -2.51. The summed E-state index contributed by atoms with van der Waals surface area (Å²) >= 11 is 0. The fourth-order valence-corrected chi connectivity index (χ4v) is 3.00. The Labute approximate surface area is 133 Å². The second-order valence-corrected chi connectivity index (χ2v) is 6.04. The van der Waals surface area contributed by atoms with E-state index in [1.54, 1.807) is 0 Å². The average Bonchev–Trinajstić information content (AvgIpc) is 2.47. The van der Waals surface area contributed by atoms with E-state index < -0.39 is 15.5 Å². The molecule has 1 fully saturated rings. The van der Waals surface area contributed by atoms with Crippen molar-refractivity contribution in [1.29, 1.82) is 0 Å². The maximum Gasteiger partial charge on any atom is 0.279 e. The van der Waals surface area contributed by atoms with E-state index in [1.165, 1.54) is 12.1 Å². The number of nitrogens with one attached hydrogen (secondary N) is 1. The second kappa shape index (κ2) is 7.17. The molecule has 1 saturated carbocycles. The molecule has 0 saturated heterocycles. The summed E-state index contributed by atoms with van der Waals surface area (Å²) in [6.45, 7) is 2.14. The van der Waals surface area contributed by atoms with Crippen molar-refractivity contribution in [2.24, 2.45) is 5.92 Å². The second-order valence-electron chi connectivity index (χ2n) is 6.04. The van der Waals surface area contributed by atoms with E-state index in [2.05, 4.69) is 12.2 Å². The molecule has 1 N–H and O–H groups in total. The van der Waals surface area contributed by atoms with E-state index in [9.17, 15) is 25.0 Å². The smallest absolute Gasteiger partial charge is 0.279 e. The number of rotatable bonds is 5. The Morgan fingerprint density at radius 3 is 2.61 bits per heavy atom.